The third-order valence-electron chi connectivity index (χ3n) is 3.73. The average molecular weight is 360 g/mol. The summed E-state index contributed by atoms with van der Waals surface area (Å²) >= 11 is 6.14. The SMILES string of the molecule is COc1cccc(Cn2cc(NC(=O)c3c(Cl)c(C)nn3C)cn2)c1. The molecule has 0 aliphatic heterocycles. The van der Waals surface area contributed by atoms with E-state index >= 15 is 0 Å². The summed E-state index contributed by atoms with van der Waals surface area (Å²) in [6.45, 7) is 2.32. The van der Waals surface area contributed by atoms with Crippen LogP contribution in [-0.4, -0.2) is 32.6 Å². The molecule has 0 spiro atoms. The first-order valence-electron chi connectivity index (χ1n) is 7.63. The molecular formula is C17H18ClN5O2. The van der Waals surface area contributed by atoms with Gasteiger partial charge < -0.3 is 10.1 Å². The van der Waals surface area contributed by atoms with E-state index in [1.165, 1.54) is 4.68 Å². The lowest BCUT2D eigenvalue weighted by molar-refractivity contribution is 0.101. The molecule has 0 bridgehead atoms. The van der Waals surface area contributed by atoms with Crippen LogP contribution < -0.4 is 10.1 Å². The standard InChI is InChI=1S/C17H18ClN5O2/c1-11-15(18)16(22(2)21-11)17(24)20-13-8-19-23(10-13)9-12-5-4-6-14(7-12)25-3/h4-8,10H,9H2,1-3H3,(H,20,24). The van der Waals surface area contributed by atoms with E-state index in [2.05, 4.69) is 15.5 Å². The molecule has 25 heavy (non-hydrogen) atoms. The van der Waals surface area contributed by atoms with Gasteiger partial charge in [0, 0.05) is 13.2 Å². The second kappa shape index (κ2) is 6.98. The Morgan fingerprint density at radius 3 is 2.88 bits per heavy atom. The number of carbonyl (C=O) groups excluding carboxylic acids is 1. The molecule has 1 amide bonds. The number of benzene rings is 1. The van der Waals surface area contributed by atoms with Crippen molar-refractivity contribution in [2.75, 3.05) is 12.4 Å². The monoisotopic (exact) mass is 359 g/mol. The lowest BCUT2D eigenvalue weighted by Gasteiger charge is -2.05. The second-order valence-electron chi connectivity index (χ2n) is 5.60. The van der Waals surface area contributed by atoms with Gasteiger partial charge in [-0.15, -0.1) is 0 Å². The molecule has 0 atom stereocenters. The summed E-state index contributed by atoms with van der Waals surface area (Å²) in [5, 5.41) is 11.6. The number of rotatable bonds is 5. The topological polar surface area (TPSA) is 74.0 Å². The normalized spacial score (nSPS) is 10.7. The largest absolute Gasteiger partial charge is 0.497 e. The molecule has 0 saturated heterocycles. The summed E-state index contributed by atoms with van der Waals surface area (Å²) in [6, 6.07) is 7.74. The van der Waals surface area contributed by atoms with Crippen molar-refractivity contribution in [1.82, 2.24) is 19.6 Å². The number of amides is 1. The molecule has 3 aromatic rings. The Balaban J connectivity index is 1.72. The predicted molar refractivity (Wildman–Crippen MR) is 95.2 cm³/mol. The fourth-order valence-corrected chi connectivity index (χ4v) is 2.79. The summed E-state index contributed by atoms with van der Waals surface area (Å²) in [6.07, 6.45) is 3.35. The quantitative estimate of drug-likeness (QED) is 0.760. The van der Waals surface area contributed by atoms with Crippen molar-refractivity contribution in [2.45, 2.75) is 13.5 Å². The first kappa shape index (κ1) is 17.0. The van der Waals surface area contributed by atoms with Crippen molar-refractivity contribution in [2.24, 2.45) is 7.05 Å². The molecule has 0 saturated carbocycles. The summed E-state index contributed by atoms with van der Waals surface area (Å²) in [7, 11) is 3.31. The fraction of sp³-hybridized carbons (Fsp3) is 0.235. The van der Waals surface area contributed by atoms with Crippen molar-refractivity contribution >= 4 is 23.2 Å². The maximum absolute atomic E-state index is 12.4. The minimum atomic E-state index is -0.325. The van der Waals surface area contributed by atoms with E-state index in [4.69, 9.17) is 16.3 Å². The molecule has 1 aromatic carbocycles. The molecule has 1 N–H and O–H groups in total. The Hall–Kier alpha value is -2.80. The van der Waals surface area contributed by atoms with E-state index in [0.29, 0.717) is 28.6 Å². The Labute approximate surface area is 150 Å². The third kappa shape index (κ3) is 3.66. The van der Waals surface area contributed by atoms with Crippen molar-refractivity contribution in [3.8, 4) is 5.75 Å². The van der Waals surface area contributed by atoms with Gasteiger partial charge in [0.05, 0.1) is 36.3 Å². The van der Waals surface area contributed by atoms with Gasteiger partial charge in [0.1, 0.15) is 11.4 Å². The van der Waals surface area contributed by atoms with E-state index in [9.17, 15) is 4.79 Å². The number of methoxy groups -OCH3 is 1. The minimum absolute atomic E-state index is 0.319. The van der Waals surface area contributed by atoms with E-state index in [1.807, 2.05) is 24.3 Å². The summed E-state index contributed by atoms with van der Waals surface area (Å²) in [5.74, 6) is 0.466. The Morgan fingerprint density at radius 1 is 1.40 bits per heavy atom. The Morgan fingerprint density at radius 2 is 2.20 bits per heavy atom. The molecule has 2 heterocycles. The zero-order valence-corrected chi connectivity index (χ0v) is 14.9. The van der Waals surface area contributed by atoms with Gasteiger partial charge in [-0.05, 0) is 24.6 Å². The molecule has 0 unspecified atom stereocenters. The van der Waals surface area contributed by atoms with Crippen LogP contribution in [0.3, 0.4) is 0 Å². The van der Waals surface area contributed by atoms with E-state index in [-0.39, 0.29) is 5.91 Å². The van der Waals surface area contributed by atoms with Crippen LogP contribution in [-0.2, 0) is 13.6 Å². The highest BCUT2D eigenvalue weighted by molar-refractivity contribution is 6.34. The van der Waals surface area contributed by atoms with E-state index in [1.54, 1.807) is 38.2 Å². The summed E-state index contributed by atoms with van der Waals surface area (Å²) in [4.78, 5) is 12.4. The van der Waals surface area contributed by atoms with Crippen LogP contribution >= 0.6 is 11.6 Å². The minimum Gasteiger partial charge on any atom is -0.497 e. The molecule has 0 aliphatic carbocycles. The number of hydrogen-bond donors (Lipinski definition) is 1. The molecule has 2 aromatic heterocycles. The number of carbonyl (C=O) groups is 1. The van der Waals surface area contributed by atoms with Gasteiger partial charge in [-0.3, -0.25) is 14.2 Å². The molecule has 0 radical (unpaired) electrons. The average Bonchev–Trinajstić information content (AvgIpc) is 3.11. The van der Waals surface area contributed by atoms with E-state index in [0.717, 1.165) is 11.3 Å². The smallest absolute Gasteiger partial charge is 0.275 e. The lowest BCUT2D eigenvalue weighted by atomic mass is 10.2. The molecule has 0 aliphatic rings. The van der Waals surface area contributed by atoms with Crippen LogP contribution in [0.4, 0.5) is 5.69 Å². The lowest BCUT2D eigenvalue weighted by Crippen LogP contribution is -2.16. The van der Waals surface area contributed by atoms with E-state index < -0.39 is 0 Å². The molecule has 8 heteroatoms. The number of ether oxygens (including phenoxy) is 1. The predicted octanol–water partition coefficient (Wildman–Crippen LogP) is 2.89. The zero-order valence-electron chi connectivity index (χ0n) is 14.2. The number of hydrogen-bond acceptors (Lipinski definition) is 4. The highest BCUT2D eigenvalue weighted by atomic mass is 35.5. The number of nitrogens with one attached hydrogen (secondary N) is 1. The number of nitrogens with zero attached hydrogens (tertiary/aromatic N) is 4. The van der Waals surface area contributed by atoms with Gasteiger partial charge in [0.2, 0.25) is 0 Å². The number of aromatic nitrogens is 4. The van der Waals surface area contributed by atoms with Gasteiger partial charge in [-0.2, -0.15) is 10.2 Å². The highest BCUT2D eigenvalue weighted by Crippen LogP contribution is 2.21. The van der Waals surface area contributed by atoms with Crippen LogP contribution in [0.5, 0.6) is 5.75 Å². The number of anilines is 1. The van der Waals surface area contributed by atoms with Crippen molar-refractivity contribution in [3.63, 3.8) is 0 Å². The number of halogens is 1. The van der Waals surface area contributed by atoms with Crippen molar-refractivity contribution in [3.05, 3.63) is 58.6 Å². The van der Waals surface area contributed by atoms with Gasteiger partial charge >= 0.3 is 0 Å². The zero-order chi connectivity index (χ0) is 18.0. The highest BCUT2D eigenvalue weighted by Gasteiger charge is 2.19. The molecule has 3 rings (SSSR count). The van der Waals surface area contributed by atoms with Gasteiger partial charge in [-0.1, -0.05) is 23.7 Å². The second-order valence-corrected chi connectivity index (χ2v) is 5.98. The van der Waals surface area contributed by atoms with Gasteiger partial charge in [-0.25, -0.2) is 0 Å². The summed E-state index contributed by atoms with van der Waals surface area (Å²) < 4.78 is 8.42. The van der Waals surface area contributed by atoms with Gasteiger partial charge in [0.25, 0.3) is 5.91 Å². The Kier molecular flexibility index (Phi) is 4.76. The molecule has 7 nitrogen and oxygen atoms in total. The maximum Gasteiger partial charge on any atom is 0.275 e. The van der Waals surface area contributed by atoms with Crippen LogP contribution in [0.2, 0.25) is 5.02 Å². The van der Waals surface area contributed by atoms with Crippen LogP contribution in [0.1, 0.15) is 21.7 Å². The van der Waals surface area contributed by atoms with Crippen LogP contribution in [0, 0.1) is 6.92 Å². The maximum atomic E-state index is 12.4. The first-order chi connectivity index (χ1) is 12.0. The number of aryl methyl sites for hydroxylation is 2. The summed E-state index contributed by atoms with van der Waals surface area (Å²) in [5.41, 5.74) is 2.57. The van der Waals surface area contributed by atoms with Crippen molar-refractivity contribution in [1.29, 1.82) is 0 Å². The third-order valence-corrected chi connectivity index (χ3v) is 4.19. The first-order valence-corrected chi connectivity index (χ1v) is 8.01. The van der Waals surface area contributed by atoms with Crippen molar-refractivity contribution < 1.29 is 9.53 Å². The van der Waals surface area contributed by atoms with Crippen LogP contribution in [0.15, 0.2) is 36.7 Å². The molecule has 130 valence electrons. The molecule has 0 fully saturated rings. The molecular weight excluding hydrogens is 342 g/mol. The van der Waals surface area contributed by atoms with Crippen LogP contribution in [0.25, 0.3) is 0 Å². The van der Waals surface area contributed by atoms with Gasteiger partial charge in [0.15, 0.2) is 0 Å². The Bertz CT molecular complexity index is 916. The fourth-order valence-electron chi connectivity index (χ4n) is 2.54.